The Labute approximate surface area is 287 Å². The summed E-state index contributed by atoms with van der Waals surface area (Å²) in [5.41, 5.74) is 13.9. The van der Waals surface area contributed by atoms with Gasteiger partial charge in [-0.15, -0.1) is 11.3 Å². The first-order valence-electron chi connectivity index (χ1n) is 17.0. The maximum atomic E-state index is 11.3. The number of pyridine rings is 1. The zero-order chi connectivity index (χ0) is 34.0. The molecule has 1 aliphatic carbocycles. The topological polar surface area (TPSA) is 116 Å². The predicted octanol–water partition coefficient (Wildman–Crippen LogP) is 5.65. The molecule has 3 aromatic heterocycles. The Kier molecular flexibility index (Phi) is 10.3. The average molecular weight is 673 g/mol. The molecule has 10 nitrogen and oxygen atoms in total. The van der Waals surface area contributed by atoms with Crippen molar-refractivity contribution < 1.29 is 19.1 Å². The van der Waals surface area contributed by atoms with Crippen LogP contribution in [0.2, 0.25) is 0 Å². The summed E-state index contributed by atoms with van der Waals surface area (Å²) in [5.74, 6) is 0. The van der Waals surface area contributed by atoms with E-state index in [0.717, 1.165) is 94.9 Å². The molecule has 6 rings (SSSR count). The number of ether oxygens (including phenoxy) is 2. The molecule has 0 amide bonds. The number of carbonyl (C=O) groups is 2. The molecule has 256 valence electrons. The first-order valence-corrected chi connectivity index (χ1v) is 17.9. The van der Waals surface area contributed by atoms with Crippen LogP contribution >= 0.6 is 11.3 Å². The summed E-state index contributed by atoms with van der Waals surface area (Å²) in [6, 6.07) is 9.05. The van der Waals surface area contributed by atoms with Gasteiger partial charge < -0.3 is 29.5 Å². The molecule has 48 heavy (non-hydrogen) atoms. The van der Waals surface area contributed by atoms with Crippen LogP contribution in [0.1, 0.15) is 62.9 Å². The summed E-state index contributed by atoms with van der Waals surface area (Å²) in [4.78, 5) is 37.4. The second-order valence-electron chi connectivity index (χ2n) is 13.9. The molecule has 0 radical (unpaired) electrons. The Hall–Kier alpha value is -3.64. The number of piperazine rings is 1. The molecule has 2 aliphatic rings. The van der Waals surface area contributed by atoms with E-state index in [1.807, 2.05) is 11.6 Å². The van der Waals surface area contributed by atoms with Gasteiger partial charge in [-0.05, 0) is 56.9 Å². The van der Waals surface area contributed by atoms with Gasteiger partial charge in [-0.3, -0.25) is 14.7 Å². The summed E-state index contributed by atoms with van der Waals surface area (Å²) < 4.78 is 13.6. The van der Waals surface area contributed by atoms with E-state index < -0.39 is 6.04 Å². The lowest BCUT2D eigenvalue weighted by atomic mass is 9.84. The number of hydrogen-bond acceptors (Lipinski definition) is 10. The third-order valence-electron chi connectivity index (χ3n) is 9.76. The van der Waals surface area contributed by atoms with Crippen LogP contribution in [0.25, 0.3) is 33.4 Å². The zero-order valence-electron chi connectivity index (χ0n) is 28.8. The van der Waals surface area contributed by atoms with Crippen LogP contribution in [0.4, 0.5) is 5.69 Å². The van der Waals surface area contributed by atoms with Gasteiger partial charge >= 0.3 is 0 Å². The van der Waals surface area contributed by atoms with Crippen molar-refractivity contribution in [1.29, 1.82) is 0 Å². The lowest BCUT2D eigenvalue weighted by Gasteiger charge is -2.36. The molecule has 1 aromatic carbocycles. The highest BCUT2D eigenvalue weighted by Gasteiger charge is 2.33. The second kappa shape index (κ2) is 14.5. The van der Waals surface area contributed by atoms with Crippen LogP contribution < -0.4 is 10.6 Å². The number of rotatable bonds is 15. The van der Waals surface area contributed by atoms with E-state index in [4.69, 9.17) is 25.2 Å². The predicted molar refractivity (Wildman–Crippen MR) is 191 cm³/mol. The summed E-state index contributed by atoms with van der Waals surface area (Å²) in [6.07, 6.45) is 6.30. The maximum Gasteiger partial charge on any atom is 0.293 e. The third kappa shape index (κ3) is 7.19. The minimum absolute atomic E-state index is 0.218. The summed E-state index contributed by atoms with van der Waals surface area (Å²) in [7, 11) is 1.73. The minimum atomic E-state index is -0.565. The van der Waals surface area contributed by atoms with Crippen molar-refractivity contribution in [2.24, 2.45) is 11.1 Å². The Morgan fingerprint density at radius 2 is 1.92 bits per heavy atom. The molecule has 4 heterocycles. The standard InChI is InChI=1S/C37H48N6O4S/c1-6-43-33-10-7-25(32-21-48-34(40-32)16-26(38)20-44)15-29(33)31(18-37(3,4)22-47-23-45)36(43)30-17-28(19-39-35(30)24(2)46-5)42-13-11-41(12-14-42)27-8-9-27/h7,10,15,17,19-21,23-24,26-27H,6,8-9,11-14,16,18,22,38H2,1-5H3. The first kappa shape index (κ1) is 34.2. The van der Waals surface area contributed by atoms with Crippen LogP contribution in [0.15, 0.2) is 35.8 Å². The van der Waals surface area contributed by atoms with Gasteiger partial charge in [-0.2, -0.15) is 0 Å². The number of nitrogens with two attached hydrogens (primary N) is 1. The average Bonchev–Trinajstić information content (AvgIpc) is 3.78. The summed E-state index contributed by atoms with van der Waals surface area (Å²) in [5, 5.41) is 3.99. The first-order chi connectivity index (χ1) is 23.2. The summed E-state index contributed by atoms with van der Waals surface area (Å²) >= 11 is 1.52. The van der Waals surface area contributed by atoms with E-state index in [0.29, 0.717) is 25.9 Å². The number of nitrogens with zero attached hydrogens (tertiary/aromatic N) is 5. The van der Waals surface area contributed by atoms with Gasteiger partial charge in [0.2, 0.25) is 0 Å². The molecule has 0 bridgehead atoms. The Morgan fingerprint density at radius 3 is 2.58 bits per heavy atom. The number of fused-ring (bicyclic) bond motifs is 1. The summed E-state index contributed by atoms with van der Waals surface area (Å²) in [6.45, 7) is 14.2. The fourth-order valence-corrected chi connectivity index (χ4v) is 7.90. The van der Waals surface area contributed by atoms with Crippen molar-refractivity contribution in [3.63, 3.8) is 0 Å². The van der Waals surface area contributed by atoms with E-state index in [2.05, 4.69) is 66.3 Å². The molecular weight excluding hydrogens is 625 g/mol. The van der Waals surface area contributed by atoms with Crippen LogP contribution in [0.5, 0.6) is 0 Å². The number of methoxy groups -OCH3 is 1. The number of hydrogen-bond donors (Lipinski definition) is 1. The molecule has 2 atom stereocenters. The lowest BCUT2D eigenvalue weighted by molar-refractivity contribution is -0.131. The van der Waals surface area contributed by atoms with Crippen molar-refractivity contribution in [3.05, 3.63) is 52.1 Å². The number of aromatic nitrogens is 3. The Bertz CT molecular complexity index is 1750. The molecule has 4 aromatic rings. The number of anilines is 1. The number of aryl methyl sites for hydroxylation is 1. The van der Waals surface area contributed by atoms with E-state index in [-0.39, 0.29) is 11.5 Å². The normalized spacial score (nSPS) is 17.1. The highest BCUT2D eigenvalue weighted by Crippen LogP contribution is 2.43. The van der Waals surface area contributed by atoms with Gasteiger partial charge in [0.1, 0.15) is 6.29 Å². The number of carbonyl (C=O) groups excluding carboxylic acids is 2. The molecule has 2 fully saturated rings. The molecule has 11 heteroatoms. The lowest BCUT2D eigenvalue weighted by Crippen LogP contribution is -2.47. The molecule has 2 unspecified atom stereocenters. The fraction of sp³-hybridized carbons (Fsp3) is 0.514. The van der Waals surface area contributed by atoms with Crippen LogP contribution in [0.3, 0.4) is 0 Å². The second-order valence-corrected chi connectivity index (χ2v) is 14.9. The fourth-order valence-electron chi connectivity index (χ4n) is 7.02. The van der Waals surface area contributed by atoms with Crippen molar-refractivity contribution in [1.82, 2.24) is 19.4 Å². The van der Waals surface area contributed by atoms with Crippen LogP contribution in [-0.4, -0.2) is 84.2 Å². The van der Waals surface area contributed by atoms with Gasteiger partial charge in [-0.25, -0.2) is 4.98 Å². The minimum Gasteiger partial charge on any atom is -0.467 e. The van der Waals surface area contributed by atoms with E-state index >= 15 is 0 Å². The number of aldehydes is 1. The van der Waals surface area contributed by atoms with Gasteiger partial charge in [0.25, 0.3) is 6.47 Å². The number of benzene rings is 1. The smallest absolute Gasteiger partial charge is 0.293 e. The molecular formula is C37H48N6O4S. The Balaban J connectivity index is 1.50. The van der Waals surface area contributed by atoms with Gasteiger partial charge in [-0.1, -0.05) is 19.9 Å². The largest absolute Gasteiger partial charge is 0.467 e. The monoisotopic (exact) mass is 672 g/mol. The van der Waals surface area contributed by atoms with Crippen molar-refractivity contribution in [2.75, 3.05) is 44.8 Å². The van der Waals surface area contributed by atoms with E-state index in [9.17, 15) is 9.59 Å². The van der Waals surface area contributed by atoms with E-state index in [1.165, 1.54) is 29.7 Å². The van der Waals surface area contributed by atoms with Gasteiger partial charge in [0.05, 0.1) is 52.7 Å². The molecule has 1 saturated heterocycles. The molecule has 1 aliphatic heterocycles. The van der Waals surface area contributed by atoms with Gasteiger partial charge in [0.15, 0.2) is 0 Å². The van der Waals surface area contributed by atoms with Crippen molar-refractivity contribution in [2.45, 2.75) is 78.1 Å². The van der Waals surface area contributed by atoms with Crippen molar-refractivity contribution >= 4 is 40.7 Å². The highest BCUT2D eigenvalue weighted by atomic mass is 32.1. The highest BCUT2D eigenvalue weighted by molar-refractivity contribution is 7.10. The third-order valence-corrected chi connectivity index (χ3v) is 10.6. The van der Waals surface area contributed by atoms with Gasteiger partial charge in [0, 0.05) is 85.1 Å². The quantitative estimate of drug-likeness (QED) is 0.160. The van der Waals surface area contributed by atoms with E-state index in [1.54, 1.807) is 7.11 Å². The number of thiazole rings is 1. The molecule has 1 saturated carbocycles. The SMILES string of the molecule is CCn1c(-c2cc(N3CCN(C4CC4)CC3)cnc2C(C)OC)c(CC(C)(C)COC=O)c2cc(-c3csc(CC(N)C=O)n3)ccc21. The Morgan fingerprint density at radius 1 is 1.15 bits per heavy atom. The zero-order valence-corrected chi connectivity index (χ0v) is 29.6. The van der Waals surface area contributed by atoms with Crippen LogP contribution in [-0.2, 0) is 38.4 Å². The van der Waals surface area contributed by atoms with Crippen LogP contribution in [0, 0.1) is 5.41 Å². The van der Waals surface area contributed by atoms with Crippen molar-refractivity contribution in [3.8, 4) is 22.5 Å². The molecule has 0 spiro atoms. The molecule has 2 N–H and O–H groups in total. The maximum absolute atomic E-state index is 11.3.